The summed E-state index contributed by atoms with van der Waals surface area (Å²) in [6.07, 6.45) is 1.96. The van der Waals surface area contributed by atoms with Gasteiger partial charge in [0.25, 0.3) is 0 Å². The van der Waals surface area contributed by atoms with Crippen LogP contribution in [0.5, 0.6) is 5.75 Å². The van der Waals surface area contributed by atoms with E-state index in [0.29, 0.717) is 16.8 Å². The minimum Gasteiger partial charge on any atom is -0.507 e. The Bertz CT molecular complexity index is 835. The SMILES string of the molecule is CSc1ccc(-c2nnc(N)c3nc(C)ccc23)c(O)c1. The standard InChI is InChI=1S/C15H14N4OS/c1-8-3-5-11-13(18-19-15(16)14(11)17-8)10-6-4-9(21-2)7-12(10)20/h3-7,20H,1-2H3,(H2,16,19). The molecule has 106 valence electrons. The zero-order chi connectivity index (χ0) is 15.0. The van der Waals surface area contributed by atoms with Crippen LogP contribution in [0.1, 0.15) is 5.69 Å². The number of pyridine rings is 1. The van der Waals surface area contributed by atoms with Crippen LogP contribution in [0, 0.1) is 6.92 Å². The molecule has 6 heteroatoms. The molecule has 21 heavy (non-hydrogen) atoms. The number of nitrogens with two attached hydrogens (primary N) is 1. The normalized spacial score (nSPS) is 11.0. The highest BCUT2D eigenvalue weighted by molar-refractivity contribution is 7.98. The number of nitrogen functional groups attached to an aromatic ring is 1. The van der Waals surface area contributed by atoms with Gasteiger partial charge in [-0.2, -0.15) is 0 Å². The monoisotopic (exact) mass is 298 g/mol. The number of benzene rings is 1. The summed E-state index contributed by atoms with van der Waals surface area (Å²) in [6.45, 7) is 1.89. The maximum atomic E-state index is 10.2. The minimum absolute atomic E-state index is 0.169. The van der Waals surface area contributed by atoms with E-state index < -0.39 is 0 Å². The van der Waals surface area contributed by atoms with Crippen molar-refractivity contribution in [3.05, 3.63) is 36.0 Å². The van der Waals surface area contributed by atoms with Gasteiger partial charge in [0.1, 0.15) is 17.0 Å². The summed E-state index contributed by atoms with van der Waals surface area (Å²) in [7, 11) is 0. The first kappa shape index (κ1) is 13.6. The molecule has 2 aromatic heterocycles. The molecule has 0 aliphatic carbocycles. The van der Waals surface area contributed by atoms with Crippen molar-refractivity contribution in [3.8, 4) is 17.0 Å². The van der Waals surface area contributed by atoms with Crippen molar-refractivity contribution in [2.24, 2.45) is 0 Å². The molecule has 2 heterocycles. The van der Waals surface area contributed by atoms with Crippen LogP contribution in [0.15, 0.2) is 35.2 Å². The van der Waals surface area contributed by atoms with Gasteiger partial charge >= 0.3 is 0 Å². The molecule has 0 radical (unpaired) electrons. The molecule has 1 aromatic carbocycles. The van der Waals surface area contributed by atoms with Gasteiger partial charge in [-0.1, -0.05) is 0 Å². The van der Waals surface area contributed by atoms with E-state index in [1.807, 2.05) is 37.4 Å². The molecule has 3 N–H and O–H groups in total. The van der Waals surface area contributed by atoms with Crippen molar-refractivity contribution in [2.75, 3.05) is 12.0 Å². The zero-order valence-electron chi connectivity index (χ0n) is 11.7. The van der Waals surface area contributed by atoms with Crippen LogP contribution in [-0.4, -0.2) is 26.5 Å². The third kappa shape index (κ3) is 2.38. The summed E-state index contributed by atoms with van der Waals surface area (Å²) in [4.78, 5) is 5.40. The molecule has 0 saturated carbocycles. The number of aromatic nitrogens is 3. The smallest absolute Gasteiger partial charge is 0.172 e. The topological polar surface area (TPSA) is 84.9 Å². The average molecular weight is 298 g/mol. The van der Waals surface area contributed by atoms with Gasteiger partial charge in [0.05, 0.1) is 0 Å². The van der Waals surface area contributed by atoms with E-state index in [1.165, 1.54) is 0 Å². The van der Waals surface area contributed by atoms with Gasteiger partial charge in [-0.3, -0.25) is 0 Å². The lowest BCUT2D eigenvalue weighted by molar-refractivity contribution is 0.475. The number of anilines is 1. The number of aromatic hydroxyl groups is 1. The molecule has 0 atom stereocenters. The third-order valence-electron chi connectivity index (χ3n) is 3.25. The second kappa shape index (κ2) is 5.21. The summed E-state index contributed by atoms with van der Waals surface area (Å²) in [5, 5.41) is 19.1. The lowest BCUT2D eigenvalue weighted by Crippen LogP contribution is -2.00. The second-order valence-corrected chi connectivity index (χ2v) is 5.55. The van der Waals surface area contributed by atoms with E-state index >= 15 is 0 Å². The number of hydrogen-bond donors (Lipinski definition) is 2. The van der Waals surface area contributed by atoms with Crippen LogP contribution in [0.3, 0.4) is 0 Å². The van der Waals surface area contributed by atoms with Crippen molar-refractivity contribution >= 4 is 28.5 Å². The highest BCUT2D eigenvalue weighted by Crippen LogP contribution is 2.35. The number of phenols is 1. The minimum atomic E-state index is 0.169. The summed E-state index contributed by atoms with van der Waals surface area (Å²) in [6, 6.07) is 9.28. The van der Waals surface area contributed by atoms with E-state index in [2.05, 4.69) is 15.2 Å². The number of thioether (sulfide) groups is 1. The molecule has 0 amide bonds. The molecule has 0 bridgehead atoms. The van der Waals surface area contributed by atoms with Gasteiger partial charge in [0, 0.05) is 21.5 Å². The number of hydrogen-bond acceptors (Lipinski definition) is 6. The van der Waals surface area contributed by atoms with Gasteiger partial charge < -0.3 is 10.8 Å². The Morgan fingerprint density at radius 2 is 1.95 bits per heavy atom. The fraction of sp³-hybridized carbons (Fsp3) is 0.133. The molecule has 0 aliphatic rings. The van der Waals surface area contributed by atoms with E-state index in [1.54, 1.807) is 17.8 Å². The van der Waals surface area contributed by atoms with Gasteiger partial charge in [-0.25, -0.2) is 4.98 Å². The molecule has 3 rings (SSSR count). The van der Waals surface area contributed by atoms with E-state index in [-0.39, 0.29) is 11.6 Å². The van der Waals surface area contributed by atoms with Crippen LogP contribution >= 0.6 is 11.8 Å². The number of fused-ring (bicyclic) bond motifs is 1. The van der Waals surface area contributed by atoms with Gasteiger partial charge in [0.2, 0.25) is 0 Å². The average Bonchev–Trinajstić information content (AvgIpc) is 2.48. The van der Waals surface area contributed by atoms with Crippen molar-refractivity contribution in [1.82, 2.24) is 15.2 Å². The Labute approximate surface area is 126 Å². The van der Waals surface area contributed by atoms with E-state index in [9.17, 15) is 5.11 Å². The van der Waals surface area contributed by atoms with Crippen molar-refractivity contribution in [2.45, 2.75) is 11.8 Å². The number of rotatable bonds is 2. The summed E-state index contributed by atoms with van der Waals surface area (Å²) < 4.78 is 0. The van der Waals surface area contributed by atoms with Crippen molar-refractivity contribution in [1.29, 1.82) is 0 Å². The van der Waals surface area contributed by atoms with Crippen LogP contribution in [0.2, 0.25) is 0 Å². The summed E-state index contributed by atoms with van der Waals surface area (Å²) >= 11 is 1.57. The molecular weight excluding hydrogens is 284 g/mol. The lowest BCUT2D eigenvalue weighted by Gasteiger charge is -2.09. The van der Waals surface area contributed by atoms with Crippen LogP contribution in [0.25, 0.3) is 22.2 Å². The second-order valence-electron chi connectivity index (χ2n) is 4.67. The maximum absolute atomic E-state index is 10.2. The Morgan fingerprint density at radius 3 is 2.67 bits per heavy atom. The number of nitrogens with zero attached hydrogens (tertiary/aromatic N) is 3. The molecular formula is C15H14N4OS. The largest absolute Gasteiger partial charge is 0.507 e. The van der Waals surface area contributed by atoms with Gasteiger partial charge in [-0.05, 0) is 43.5 Å². The Balaban J connectivity index is 2.28. The van der Waals surface area contributed by atoms with E-state index in [0.717, 1.165) is 16.0 Å². The van der Waals surface area contributed by atoms with Gasteiger partial charge in [-0.15, -0.1) is 22.0 Å². The highest BCUT2D eigenvalue weighted by Gasteiger charge is 2.14. The molecule has 0 fully saturated rings. The molecule has 3 aromatic rings. The Morgan fingerprint density at radius 1 is 1.14 bits per heavy atom. The summed E-state index contributed by atoms with van der Waals surface area (Å²) in [5.74, 6) is 0.459. The first-order valence-corrected chi connectivity index (χ1v) is 7.59. The first-order chi connectivity index (χ1) is 10.1. The molecule has 0 saturated heterocycles. The fourth-order valence-corrected chi connectivity index (χ4v) is 2.62. The lowest BCUT2D eigenvalue weighted by atomic mass is 10.1. The first-order valence-electron chi connectivity index (χ1n) is 6.37. The Hall–Kier alpha value is -2.34. The molecule has 0 aliphatic heterocycles. The zero-order valence-corrected chi connectivity index (χ0v) is 12.5. The van der Waals surface area contributed by atoms with Crippen LogP contribution < -0.4 is 5.73 Å². The van der Waals surface area contributed by atoms with E-state index in [4.69, 9.17) is 5.73 Å². The number of aryl methyl sites for hydroxylation is 1. The number of phenolic OH excluding ortho intramolecular Hbond substituents is 1. The van der Waals surface area contributed by atoms with Crippen LogP contribution in [0.4, 0.5) is 5.82 Å². The van der Waals surface area contributed by atoms with Gasteiger partial charge in [0.15, 0.2) is 5.82 Å². The third-order valence-corrected chi connectivity index (χ3v) is 3.98. The predicted molar refractivity (Wildman–Crippen MR) is 85.4 cm³/mol. The predicted octanol–water partition coefficient (Wildman–Crippen LogP) is 3.01. The molecule has 5 nitrogen and oxygen atoms in total. The quantitative estimate of drug-likeness (QED) is 0.707. The maximum Gasteiger partial charge on any atom is 0.172 e. The van der Waals surface area contributed by atoms with Crippen LogP contribution in [-0.2, 0) is 0 Å². The van der Waals surface area contributed by atoms with Crippen molar-refractivity contribution in [3.63, 3.8) is 0 Å². The fourth-order valence-electron chi connectivity index (χ4n) is 2.19. The van der Waals surface area contributed by atoms with Crippen molar-refractivity contribution < 1.29 is 5.11 Å². The highest BCUT2D eigenvalue weighted by atomic mass is 32.2. The molecule has 0 spiro atoms. The summed E-state index contributed by atoms with van der Waals surface area (Å²) in [5.41, 5.74) is 8.52. The Kier molecular flexibility index (Phi) is 3.39. The molecule has 0 unspecified atom stereocenters.